The first-order chi connectivity index (χ1) is 15.6. The maximum Gasteiger partial charge on any atom is 0.266 e. The minimum absolute atomic E-state index is 0.0364. The molecule has 1 N–H and O–H groups in total. The summed E-state index contributed by atoms with van der Waals surface area (Å²) in [4.78, 5) is 12.7. The standard InChI is InChI=1S/C26H28N2O4/c1-5-9-20-15-19(17-24(31-8-4)25(20)32-14-6-2)16-21(18-27)26(29)28-22-10-12-23(13-11-22)30-7-3/h5-6,10-13,15-17H,1-2,7-9,14H2,3-4H3,(H,28,29)/b21-16+. The fourth-order valence-corrected chi connectivity index (χ4v) is 2.96. The van der Waals surface area contributed by atoms with Crippen molar-refractivity contribution in [2.45, 2.75) is 20.3 Å². The number of nitrogens with zero attached hydrogens (tertiary/aromatic N) is 1. The first-order valence-corrected chi connectivity index (χ1v) is 10.4. The molecule has 0 spiro atoms. The number of benzene rings is 2. The van der Waals surface area contributed by atoms with Gasteiger partial charge < -0.3 is 19.5 Å². The maximum absolute atomic E-state index is 12.7. The van der Waals surface area contributed by atoms with Gasteiger partial charge in [-0.2, -0.15) is 5.26 Å². The molecule has 0 radical (unpaired) electrons. The summed E-state index contributed by atoms with van der Waals surface area (Å²) in [5.41, 5.74) is 2.01. The summed E-state index contributed by atoms with van der Waals surface area (Å²) in [7, 11) is 0. The van der Waals surface area contributed by atoms with Crippen molar-refractivity contribution in [1.29, 1.82) is 5.26 Å². The van der Waals surface area contributed by atoms with E-state index >= 15 is 0 Å². The highest BCUT2D eigenvalue weighted by Gasteiger charge is 2.15. The van der Waals surface area contributed by atoms with Crippen LogP contribution < -0.4 is 19.5 Å². The first-order valence-electron chi connectivity index (χ1n) is 10.4. The molecule has 0 aliphatic rings. The van der Waals surface area contributed by atoms with Crippen LogP contribution in [-0.2, 0) is 11.2 Å². The summed E-state index contributed by atoms with van der Waals surface area (Å²) in [6.45, 7) is 12.6. The Hall–Kier alpha value is -3.98. The van der Waals surface area contributed by atoms with Crippen molar-refractivity contribution in [1.82, 2.24) is 0 Å². The van der Waals surface area contributed by atoms with Crippen molar-refractivity contribution in [2.24, 2.45) is 0 Å². The molecule has 0 heterocycles. The minimum Gasteiger partial charge on any atom is -0.494 e. The summed E-state index contributed by atoms with van der Waals surface area (Å²) >= 11 is 0. The van der Waals surface area contributed by atoms with Gasteiger partial charge in [0.05, 0.1) is 13.2 Å². The topological polar surface area (TPSA) is 80.6 Å². The molecule has 32 heavy (non-hydrogen) atoms. The molecule has 0 bridgehead atoms. The number of ether oxygens (including phenoxy) is 3. The number of anilines is 1. The van der Waals surface area contributed by atoms with Crippen LogP contribution in [0.25, 0.3) is 6.08 Å². The third-order valence-electron chi connectivity index (χ3n) is 4.26. The predicted octanol–water partition coefficient (Wildman–Crippen LogP) is 5.32. The molecule has 6 heteroatoms. The highest BCUT2D eigenvalue weighted by atomic mass is 16.5. The molecule has 2 aromatic carbocycles. The van der Waals surface area contributed by atoms with Crippen LogP contribution in [0, 0.1) is 11.3 Å². The Morgan fingerprint density at radius 3 is 2.38 bits per heavy atom. The van der Waals surface area contributed by atoms with E-state index in [1.807, 2.05) is 26.0 Å². The van der Waals surface area contributed by atoms with Crippen LogP contribution in [0.4, 0.5) is 5.69 Å². The van der Waals surface area contributed by atoms with Crippen LogP contribution in [0.15, 0.2) is 67.3 Å². The lowest BCUT2D eigenvalue weighted by atomic mass is 10.0. The molecular weight excluding hydrogens is 404 g/mol. The molecule has 0 unspecified atom stereocenters. The molecule has 0 aliphatic carbocycles. The number of carbonyl (C=O) groups is 1. The van der Waals surface area contributed by atoms with Gasteiger partial charge in [-0.15, -0.1) is 6.58 Å². The Bertz CT molecular complexity index is 1020. The average molecular weight is 433 g/mol. The summed E-state index contributed by atoms with van der Waals surface area (Å²) in [5.74, 6) is 1.33. The Labute approximate surface area is 189 Å². The van der Waals surface area contributed by atoms with Crippen molar-refractivity contribution >= 4 is 17.7 Å². The fraction of sp³-hybridized carbons (Fsp3) is 0.231. The summed E-state index contributed by atoms with van der Waals surface area (Å²) in [6.07, 6.45) is 5.47. The number of amides is 1. The van der Waals surface area contributed by atoms with Gasteiger partial charge in [-0.05, 0) is 68.3 Å². The van der Waals surface area contributed by atoms with E-state index in [-0.39, 0.29) is 5.57 Å². The van der Waals surface area contributed by atoms with Crippen LogP contribution in [0.2, 0.25) is 0 Å². The third-order valence-corrected chi connectivity index (χ3v) is 4.26. The van der Waals surface area contributed by atoms with Gasteiger partial charge in [-0.3, -0.25) is 4.79 Å². The lowest BCUT2D eigenvalue weighted by Crippen LogP contribution is -2.13. The van der Waals surface area contributed by atoms with E-state index < -0.39 is 5.91 Å². The van der Waals surface area contributed by atoms with Gasteiger partial charge in [0.1, 0.15) is 24.0 Å². The fourth-order valence-electron chi connectivity index (χ4n) is 2.96. The summed E-state index contributed by atoms with van der Waals surface area (Å²) in [5, 5.41) is 12.3. The first kappa shape index (κ1) is 24.3. The Morgan fingerprint density at radius 1 is 1.06 bits per heavy atom. The monoisotopic (exact) mass is 432 g/mol. The zero-order valence-corrected chi connectivity index (χ0v) is 18.5. The quantitative estimate of drug-likeness (QED) is 0.279. The molecule has 1 amide bonds. The van der Waals surface area contributed by atoms with E-state index in [1.165, 1.54) is 6.08 Å². The molecular formula is C26H28N2O4. The van der Waals surface area contributed by atoms with Crippen LogP contribution in [0.5, 0.6) is 17.2 Å². The van der Waals surface area contributed by atoms with Crippen molar-refractivity contribution in [3.8, 4) is 23.3 Å². The predicted molar refractivity (Wildman–Crippen MR) is 127 cm³/mol. The minimum atomic E-state index is -0.508. The smallest absolute Gasteiger partial charge is 0.266 e. The van der Waals surface area contributed by atoms with E-state index in [0.717, 1.165) is 5.56 Å². The van der Waals surface area contributed by atoms with Gasteiger partial charge in [0.15, 0.2) is 11.5 Å². The average Bonchev–Trinajstić information content (AvgIpc) is 2.79. The van der Waals surface area contributed by atoms with E-state index in [9.17, 15) is 10.1 Å². The second-order valence-corrected chi connectivity index (χ2v) is 6.61. The van der Waals surface area contributed by atoms with Crippen LogP contribution >= 0.6 is 0 Å². The summed E-state index contributed by atoms with van der Waals surface area (Å²) < 4.78 is 16.9. The normalized spacial score (nSPS) is 10.6. The number of hydrogen-bond donors (Lipinski definition) is 1. The highest BCUT2D eigenvalue weighted by Crippen LogP contribution is 2.34. The Balaban J connectivity index is 2.35. The lowest BCUT2D eigenvalue weighted by molar-refractivity contribution is -0.112. The number of allylic oxidation sites excluding steroid dienone is 1. The third kappa shape index (κ3) is 6.78. The zero-order valence-electron chi connectivity index (χ0n) is 18.5. The summed E-state index contributed by atoms with van der Waals surface area (Å²) in [6, 6.07) is 12.5. The molecule has 0 atom stereocenters. The second-order valence-electron chi connectivity index (χ2n) is 6.61. The molecule has 0 saturated heterocycles. The maximum atomic E-state index is 12.7. The number of hydrogen-bond acceptors (Lipinski definition) is 5. The molecule has 0 aromatic heterocycles. The molecule has 2 rings (SSSR count). The van der Waals surface area contributed by atoms with E-state index in [1.54, 1.807) is 42.5 Å². The molecule has 0 aliphatic heterocycles. The van der Waals surface area contributed by atoms with Crippen LogP contribution in [0.1, 0.15) is 25.0 Å². The van der Waals surface area contributed by atoms with E-state index in [2.05, 4.69) is 18.5 Å². The lowest BCUT2D eigenvalue weighted by Gasteiger charge is -2.16. The molecule has 2 aromatic rings. The van der Waals surface area contributed by atoms with Crippen molar-refractivity contribution in [2.75, 3.05) is 25.1 Å². The number of rotatable bonds is 12. The van der Waals surface area contributed by atoms with E-state index in [4.69, 9.17) is 14.2 Å². The molecule has 0 fully saturated rings. The Kier molecular flexibility index (Phi) is 9.61. The van der Waals surface area contributed by atoms with Gasteiger partial charge in [-0.1, -0.05) is 18.7 Å². The van der Waals surface area contributed by atoms with Gasteiger partial charge in [0, 0.05) is 11.3 Å². The van der Waals surface area contributed by atoms with Crippen molar-refractivity contribution in [3.05, 3.63) is 78.4 Å². The second kappa shape index (κ2) is 12.7. The largest absolute Gasteiger partial charge is 0.494 e. The molecule has 166 valence electrons. The van der Waals surface area contributed by atoms with Gasteiger partial charge in [0.2, 0.25) is 0 Å². The van der Waals surface area contributed by atoms with Crippen molar-refractivity contribution < 1.29 is 19.0 Å². The van der Waals surface area contributed by atoms with Crippen molar-refractivity contribution in [3.63, 3.8) is 0 Å². The van der Waals surface area contributed by atoms with Crippen LogP contribution in [0.3, 0.4) is 0 Å². The molecule has 0 saturated carbocycles. The van der Waals surface area contributed by atoms with Gasteiger partial charge in [-0.25, -0.2) is 0 Å². The van der Waals surface area contributed by atoms with Gasteiger partial charge in [0.25, 0.3) is 5.91 Å². The van der Waals surface area contributed by atoms with Gasteiger partial charge >= 0.3 is 0 Å². The molecule has 6 nitrogen and oxygen atoms in total. The van der Waals surface area contributed by atoms with Crippen LogP contribution in [-0.4, -0.2) is 25.7 Å². The highest BCUT2D eigenvalue weighted by molar-refractivity contribution is 6.09. The number of carbonyl (C=O) groups excluding carboxylic acids is 1. The SMILES string of the molecule is C=CCOc1c(CC=C)cc(/C=C(\C#N)C(=O)Nc2ccc(OCC)cc2)cc1OCC. The zero-order chi connectivity index (χ0) is 23.3. The van der Waals surface area contributed by atoms with E-state index in [0.29, 0.717) is 54.7 Å². The number of nitriles is 1. The Morgan fingerprint density at radius 2 is 1.78 bits per heavy atom. The number of nitrogens with one attached hydrogen (secondary N) is 1.